The topological polar surface area (TPSA) is 68.6 Å². The van der Waals surface area contributed by atoms with Gasteiger partial charge in [-0.25, -0.2) is 9.18 Å². The van der Waals surface area contributed by atoms with E-state index < -0.39 is 17.9 Å². The molecule has 0 aromatic heterocycles. The number of ether oxygens (including phenoxy) is 3. The van der Waals surface area contributed by atoms with Gasteiger partial charge in [0.05, 0.1) is 18.2 Å². The monoisotopic (exact) mass is 368 g/mol. The predicted molar refractivity (Wildman–Crippen MR) is 102 cm³/mol. The first-order valence-electron chi connectivity index (χ1n) is 8.34. The Balaban J connectivity index is 0. The first kappa shape index (κ1) is 22.1. The summed E-state index contributed by atoms with van der Waals surface area (Å²) in [5.41, 5.74) is 0.221. The molecule has 0 spiro atoms. The van der Waals surface area contributed by atoms with Crippen LogP contribution in [-0.4, -0.2) is 28.8 Å². The van der Waals surface area contributed by atoms with E-state index in [0.29, 0.717) is 18.1 Å². The number of rotatable bonds is 8. The largest absolute Gasteiger partial charge is 2.00 e. The van der Waals surface area contributed by atoms with Gasteiger partial charge in [0.15, 0.2) is 17.7 Å². The van der Waals surface area contributed by atoms with Crippen molar-refractivity contribution in [1.29, 1.82) is 5.26 Å². The second kappa shape index (κ2) is 10.9. The summed E-state index contributed by atoms with van der Waals surface area (Å²) >= 11 is 0. The molecule has 0 aliphatic rings. The Kier molecular flexibility index (Phi) is 8.98. The first-order valence-corrected chi connectivity index (χ1v) is 8.34. The van der Waals surface area contributed by atoms with E-state index in [2.05, 4.69) is 0 Å². The predicted octanol–water partition coefficient (Wildman–Crippen LogP) is 4.44. The van der Waals surface area contributed by atoms with Crippen molar-refractivity contribution >= 4 is 16.1 Å². The molecule has 0 heterocycles. The molecule has 0 fully saturated rings. The van der Waals surface area contributed by atoms with Crippen LogP contribution >= 0.6 is 0 Å². The molecule has 0 aliphatic carbocycles. The molecule has 5 nitrogen and oxygen atoms in total. The average molecular weight is 368 g/mol. The first-order chi connectivity index (χ1) is 12.5. The van der Waals surface area contributed by atoms with Crippen molar-refractivity contribution in [3.63, 3.8) is 0 Å². The van der Waals surface area contributed by atoms with Crippen LogP contribution < -0.4 is 9.47 Å². The van der Waals surface area contributed by atoms with Gasteiger partial charge >= 0.3 is 16.1 Å². The van der Waals surface area contributed by atoms with Gasteiger partial charge in [0.2, 0.25) is 0 Å². The molecule has 0 aliphatic heterocycles. The van der Waals surface area contributed by atoms with Crippen LogP contribution in [0.15, 0.2) is 42.5 Å². The third-order valence-corrected chi connectivity index (χ3v) is 3.50. The van der Waals surface area contributed by atoms with Gasteiger partial charge in [0.1, 0.15) is 11.5 Å². The maximum atomic E-state index is 13.8. The number of hydrogen-bond acceptors (Lipinski definition) is 5. The normalized spacial score (nSPS) is 10.9. The van der Waals surface area contributed by atoms with E-state index in [1.54, 1.807) is 31.2 Å². The van der Waals surface area contributed by atoms with Crippen LogP contribution in [0.4, 0.5) is 4.39 Å². The summed E-state index contributed by atoms with van der Waals surface area (Å²) < 4.78 is 29.9. The van der Waals surface area contributed by atoms with Crippen molar-refractivity contribution < 1.29 is 26.2 Å². The van der Waals surface area contributed by atoms with Gasteiger partial charge in [-0.3, -0.25) is 0 Å². The fourth-order valence-electron chi connectivity index (χ4n) is 2.05. The van der Waals surface area contributed by atoms with Gasteiger partial charge in [-0.2, -0.15) is 5.26 Å². The zero-order valence-corrected chi connectivity index (χ0v) is 15.4. The minimum absolute atomic E-state index is 0. The third kappa shape index (κ3) is 6.73. The molecular weight excluding hydrogens is 346 g/mol. The SMILES string of the molecule is CCCCOC(=O)C(C)Oc1ccc(Oc2ccc(C#N)cc2F)cc1.[Be+2].[H-].[H-]. The molecule has 27 heavy (non-hydrogen) atoms. The Hall–Kier alpha value is -2.90. The van der Waals surface area contributed by atoms with E-state index in [9.17, 15) is 9.18 Å². The maximum Gasteiger partial charge on any atom is 2.00 e. The molecule has 0 N–H and O–H groups in total. The second-order valence-corrected chi connectivity index (χ2v) is 5.61. The van der Waals surface area contributed by atoms with E-state index in [0.717, 1.165) is 18.9 Å². The minimum atomic E-state index is -0.727. The van der Waals surface area contributed by atoms with Crippen LogP contribution in [0.3, 0.4) is 0 Å². The van der Waals surface area contributed by atoms with Crippen molar-refractivity contribution in [1.82, 2.24) is 0 Å². The molecule has 0 amide bonds. The number of benzene rings is 2. The average Bonchev–Trinajstić information content (AvgIpc) is 2.65. The van der Waals surface area contributed by atoms with E-state index in [-0.39, 0.29) is 24.3 Å². The van der Waals surface area contributed by atoms with E-state index in [4.69, 9.17) is 19.5 Å². The number of nitriles is 1. The summed E-state index contributed by atoms with van der Waals surface area (Å²) in [6, 6.07) is 12.3. The molecule has 2 rings (SSSR count). The summed E-state index contributed by atoms with van der Waals surface area (Å²) in [4.78, 5) is 11.8. The van der Waals surface area contributed by atoms with Gasteiger partial charge < -0.3 is 17.1 Å². The zero-order valence-electron chi connectivity index (χ0n) is 17.4. The van der Waals surface area contributed by atoms with Gasteiger partial charge in [-0.15, -0.1) is 0 Å². The molecule has 1 atom stereocenters. The van der Waals surface area contributed by atoms with Crippen LogP contribution in [0.25, 0.3) is 0 Å². The van der Waals surface area contributed by atoms with Crippen molar-refractivity contribution in [2.45, 2.75) is 32.8 Å². The standard InChI is InChI=1S/C20H20FNO4.Be.2H/c1-3-4-11-24-20(23)14(2)25-16-6-8-17(9-7-16)26-19-10-5-15(13-22)12-18(19)21;;;/h5-10,12,14H,3-4,11H2,1-2H3;;;/q;+2;2*-1. The molecule has 2 aromatic carbocycles. The van der Waals surface area contributed by atoms with E-state index in [1.165, 1.54) is 12.1 Å². The Bertz CT molecular complexity index is 800. The Morgan fingerprint density at radius 1 is 1.22 bits per heavy atom. The Morgan fingerprint density at radius 3 is 2.48 bits per heavy atom. The number of nitrogens with zero attached hydrogens (tertiary/aromatic N) is 1. The van der Waals surface area contributed by atoms with Gasteiger partial charge in [0.25, 0.3) is 0 Å². The quantitative estimate of drug-likeness (QED) is 0.391. The molecule has 0 saturated heterocycles. The Morgan fingerprint density at radius 2 is 1.89 bits per heavy atom. The summed E-state index contributed by atoms with van der Waals surface area (Å²) in [6.45, 7) is 4.01. The van der Waals surface area contributed by atoms with Crippen LogP contribution in [-0.2, 0) is 9.53 Å². The number of hydrogen-bond donors (Lipinski definition) is 0. The molecule has 1 unspecified atom stereocenters. The maximum absolute atomic E-state index is 13.8. The zero-order chi connectivity index (χ0) is 18.9. The molecule has 2 aromatic rings. The van der Waals surface area contributed by atoms with Gasteiger partial charge in [-0.1, -0.05) is 13.3 Å². The Labute approximate surface area is 164 Å². The molecule has 7 heteroatoms. The summed E-state index contributed by atoms with van der Waals surface area (Å²) in [5.74, 6) is -0.145. The molecule has 0 radical (unpaired) electrons. The number of carbonyl (C=O) groups is 1. The van der Waals surface area contributed by atoms with Gasteiger partial charge in [-0.05, 0) is 55.8 Å². The van der Waals surface area contributed by atoms with Crippen molar-refractivity contribution in [2.24, 2.45) is 0 Å². The number of carbonyl (C=O) groups excluding carboxylic acids is 1. The summed E-state index contributed by atoms with van der Waals surface area (Å²) in [5, 5.41) is 8.74. The summed E-state index contributed by atoms with van der Waals surface area (Å²) in [6.07, 6.45) is 1.04. The fraction of sp³-hybridized carbons (Fsp3) is 0.300. The van der Waals surface area contributed by atoms with Crippen molar-refractivity contribution in [2.75, 3.05) is 6.61 Å². The van der Waals surface area contributed by atoms with Crippen LogP contribution in [0.1, 0.15) is 35.1 Å². The third-order valence-electron chi connectivity index (χ3n) is 3.50. The van der Waals surface area contributed by atoms with E-state index in [1.807, 2.05) is 13.0 Å². The molecule has 0 bridgehead atoms. The number of halogens is 1. The fourth-order valence-corrected chi connectivity index (χ4v) is 2.05. The van der Waals surface area contributed by atoms with Gasteiger partial charge in [0, 0.05) is 0 Å². The molecule has 140 valence electrons. The van der Waals surface area contributed by atoms with Crippen LogP contribution in [0.2, 0.25) is 0 Å². The second-order valence-electron chi connectivity index (χ2n) is 5.61. The van der Waals surface area contributed by atoms with Crippen molar-refractivity contribution in [3.8, 4) is 23.3 Å². The van der Waals surface area contributed by atoms with Crippen LogP contribution in [0.5, 0.6) is 17.2 Å². The van der Waals surface area contributed by atoms with Crippen LogP contribution in [0, 0.1) is 17.1 Å². The smallest absolute Gasteiger partial charge is 1.00 e. The number of esters is 1. The molecular formula is C20H22BeFNO4. The van der Waals surface area contributed by atoms with Crippen molar-refractivity contribution in [3.05, 3.63) is 53.8 Å². The van der Waals surface area contributed by atoms with E-state index >= 15 is 0 Å². The molecule has 0 saturated carbocycles. The number of unbranched alkanes of at least 4 members (excludes halogenated alkanes) is 1. The minimum Gasteiger partial charge on any atom is -1.00 e. The summed E-state index contributed by atoms with van der Waals surface area (Å²) in [7, 11) is 0.